The number of methoxy groups -OCH3 is 1. The summed E-state index contributed by atoms with van der Waals surface area (Å²) in [5.41, 5.74) is 1.93. The van der Waals surface area contributed by atoms with Crippen molar-refractivity contribution in [3.63, 3.8) is 0 Å². The third-order valence-corrected chi connectivity index (χ3v) is 4.21. The van der Waals surface area contributed by atoms with E-state index in [-0.39, 0.29) is 11.9 Å². The first-order valence-electron chi connectivity index (χ1n) is 9.11. The molecule has 6 heteroatoms. The first-order valence-corrected chi connectivity index (χ1v) is 9.11. The number of aliphatic imine (C=N–C) groups is 1. The van der Waals surface area contributed by atoms with E-state index in [0.717, 1.165) is 18.5 Å². The Kier molecular flexibility index (Phi) is 8.45. The zero-order valence-electron chi connectivity index (χ0n) is 16.2. The predicted molar refractivity (Wildman–Crippen MR) is 108 cm³/mol. The van der Waals surface area contributed by atoms with Gasteiger partial charge in [-0.05, 0) is 37.1 Å². The molecule has 2 aromatic carbocycles. The highest BCUT2D eigenvalue weighted by atomic mass is 16.5. The number of phenols is 1. The van der Waals surface area contributed by atoms with Crippen LogP contribution in [-0.4, -0.2) is 38.4 Å². The van der Waals surface area contributed by atoms with Gasteiger partial charge in [-0.15, -0.1) is 0 Å². The molecule has 0 aliphatic carbocycles. The summed E-state index contributed by atoms with van der Waals surface area (Å²) in [6.45, 7) is 3.91. The minimum atomic E-state index is 0.0830. The minimum Gasteiger partial charge on any atom is -0.508 e. The van der Waals surface area contributed by atoms with E-state index in [9.17, 15) is 5.11 Å². The van der Waals surface area contributed by atoms with Crippen LogP contribution in [0.15, 0.2) is 53.5 Å². The van der Waals surface area contributed by atoms with Gasteiger partial charge in [0.05, 0.1) is 13.2 Å². The fourth-order valence-corrected chi connectivity index (χ4v) is 2.59. The number of aromatic hydroxyl groups is 1. The maximum atomic E-state index is 9.94. The van der Waals surface area contributed by atoms with Crippen molar-refractivity contribution in [2.24, 2.45) is 4.99 Å². The van der Waals surface area contributed by atoms with Gasteiger partial charge in [-0.2, -0.15) is 0 Å². The molecule has 0 bridgehead atoms. The summed E-state index contributed by atoms with van der Waals surface area (Å²) >= 11 is 0. The van der Waals surface area contributed by atoms with Crippen LogP contribution in [0.25, 0.3) is 0 Å². The number of guanidine groups is 1. The predicted octanol–water partition coefficient (Wildman–Crippen LogP) is 3.23. The molecule has 0 radical (unpaired) electrons. The molecule has 0 saturated carbocycles. The molecular weight excluding hydrogens is 342 g/mol. The molecule has 0 fully saturated rings. The summed E-state index contributed by atoms with van der Waals surface area (Å²) in [7, 11) is 3.32. The molecule has 3 N–H and O–H groups in total. The van der Waals surface area contributed by atoms with Gasteiger partial charge >= 0.3 is 0 Å². The van der Waals surface area contributed by atoms with Gasteiger partial charge in [-0.1, -0.05) is 30.3 Å². The number of hydrogen-bond acceptors (Lipinski definition) is 4. The van der Waals surface area contributed by atoms with Crippen molar-refractivity contribution in [1.29, 1.82) is 0 Å². The van der Waals surface area contributed by atoms with Crippen LogP contribution in [0.4, 0.5) is 0 Å². The number of ether oxygens (including phenoxy) is 2. The van der Waals surface area contributed by atoms with Crippen molar-refractivity contribution < 1.29 is 14.6 Å². The third kappa shape index (κ3) is 6.83. The Morgan fingerprint density at radius 2 is 1.93 bits per heavy atom. The SMILES string of the molecule is CN=C(NCCCOC(C)c1ccccc1)NCc1cc(OC)ccc1O. The molecule has 1 atom stereocenters. The van der Waals surface area contributed by atoms with E-state index in [2.05, 4.69) is 34.7 Å². The van der Waals surface area contributed by atoms with E-state index in [1.807, 2.05) is 18.2 Å². The van der Waals surface area contributed by atoms with Crippen LogP contribution in [0.3, 0.4) is 0 Å². The molecule has 2 aromatic rings. The fourth-order valence-electron chi connectivity index (χ4n) is 2.59. The third-order valence-electron chi connectivity index (χ3n) is 4.21. The topological polar surface area (TPSA) is 75.1 Å². The summed E-state index contributed by atoms with van der Waals surface area (Å²) in [5, 5.41) is 16.4. The average Bonchev–Trinajstić information content (AvgIpc) is 2.71. The molecule has 0 saturated heterocycles. The second-order valence-electron chi connectivity index (χ2n) is 6.12. The maximum absolute atomic E-state index is 9.94. The highest BCUT2D eigenvalue weighted by Gasteiger charge is 2.06. The zero-order valence-corrected chi connectivity index (χ0v) is 16.2. The zero-order chi connectivity index (χ0) is 19.5. The van der Waals surface area contributed by atoms with Crippen molar-refractivity contribution in [2.75, 3.05) is 27.3 Å². The standard InChI is InChI=1S/C21H29N3O3/c1-16(17-8-5-4-6-9-17)27-13-7-12-23-21(22-2)24-15-18-14-19(26-3)10-11-20(18)25/h4-6,8-11,14,16,25H,7,12-13,15H2,1-3H3,(H2,22,23,24). The number of nitrogens with zero attached hydrogens (tertiary/aromatic N) is 1. The summed E-state index contributed by atoms with van der Waals surface area (Å²) < 4.78 is 11.1. The first kappa shape index (κ1) is 20.6. The molecule has 0 aromatic heterocycles. The van der Waals surface area contributed by atoms with E-state index >= 15 is 0 Å². The number of benzene rings is 2. The van der Waals surface area contributed by atoms with Crippen molar-refractivity contribution >= 4 is 5.96 Å². The lowest BCUT2D eigenvalue weighted by molar-refractivity contribution is 0.0646. The van der Waals surface area contributed by atoms with Gasteiger partial charge in [0, 0.05) is 32.3 Å². The molecule has 146 valence electrons. The number of nitrogens with one attached hydrogen (secondary N) is 2. The van der Waals surface area contributed by atoms with Gasteiger partial charge in [-0.25, -0.2) is 0 Å². The van der Waals surface area contributed by atoms with Gasteiger partial charge in [0.25, 0.3) is 0 Å². The summed E-state index contributed by atoms with van der Waals surface area (Å²) in [6.07, 6.45) is 0.946. The molecular formula is C21H29N3O3. The monoisotopic (exact) mass is 371 g/mol. The van der Waals surface area contributed by atoms with Crippen LogP contribution in [0.5, 0.6) is 11.5 Å². The lowest BCUT2D eigenvalue weighted by atomic mass is 10.1. The quantitative estimate of drug-likeness (QED) is 0.358. The molecule has 0 aliphatic rings. The van der Waals surface area contributed by atoms with Crippen LogP contribution in [0.2, 0.25) is 0 Å². The Morgan fingerprint density at radius 3 is 2.63 bits per heavy atom. The van der Waals surface area contributed by atoms with E-state index < -0.39 is 0 Å². The van der Waals surface area contributed by atoms with Gasteiger partial charge in [-0.3, -0.25) is 4.99 Å². The molecule has 0 heterocycles. The second-order valence-corrected chi connectivity index (χ2v) is 6.12. The highest BCUT2D eigenvalue weighted by Crippen LogP contribution is 2.22. The molecule has 0 spiro atoms. The van der Waals surface area contributed by atoms with Gasteiger partial charge < -0.3 is 25.2 Å². The van der Waals surface area contributed by atoms with Crippen molar-refractivity contribution in [2.45, 2.75) is 26.0 Å². The summed E-state index contributed by atoms with van der Waals surface area (Å²) in [4.78, 5) is 4.20. The van der Waals surface area contributed by atoms with Crippen LogP contribution in [0, 0.1) is 0 Å². The lowest BCUT2D eigenvalue weighted by Gasteiger charge is -2.15. The molecule has 6 nitrogen and oxygen atoms in total. The largest absolute Gasteiger partial charge is 0.508 e. The Labute approximate surface area is 161 Å². The normalized spacial score (nSPS) is 12.5. The number of hydrogen-bond donors (Lipinski definition) is 3. The Morgan fingerprint density at radius 1 is 1.15 bits per heavy atom. The lowest BCUT2D eigenvalue weighted by Crippen LogP contribution is -2.37. The summed E-state index contributed by atoms with van der Waals surface area (Å²) in [5.74, 6) is 1.60. The maximum Gasteiger partial charge on any atom is 0.191 e. The second kappa shape index (κ2) is 11.1. The number of phenolic OH excluding ortho intramolecular Hbond substituents is 1. The number of rotatable bonds is 9. The van der Waals surface area contributed by atoms with Crippen LogP contribution < -0.4 is 15.4 Å². The van der Waals surface area contributed by atoms with E-state index in [1.54, 1.807) is 32.4 Å². The van der Waals surface area contributed by atoms with E-state index in [0.29, 0.717) is 24.9 Å². The highest BCUT2D eigenvalue weighted by molar-refractivity contribution is 5.79. The summed E-state index contributed by atoms with van der Waals surface area (Å²) in [6, 6.07) is 15.3. The van der Waals surface area contributed by atoms with Crippen molar-refractivity contribution in [3.8, 4) is 11.5 Å². The van der Waals surface area contributed by atoms with Crippen LogP contribution >= 0.6 is 0 Å². The molecule has 2 rings (SSSR count). The Hall–Kier alpha value is -2.73. The van der Waals surface area contributed by atoms with Crippen LogP contribution in [0.1, 0.15) is 30.6 Å². The minimum absolute atomic E-state index is 0.0830. The van der Waals surface area contributed by atoms with Gasteiger partial charge in [0.1, 0.15) is 11.5 Å². The molecule has 0 amide bonds. The fraction of sp³-hybridized carbons (Fsp3) is 0.381. The molecule has 0 aliphatic heterocycles. The first-order chi connectivity index (χ1) is 13.1. The smallest absolute Gasteiger partial charge is 0.191 e. The van der Waals surface area contributed by atoms with E-state index in [1.165, 1.54) is 5.56 Å². The molecule has 27 heavy (non-hydrogen) atoms. The van der Waals surface area contributed by atoms with Gasteiger partial charge in [0.2, 0.25) is 0 Å². The van der Waals surface area contributed by atoms with Gasteiger partial charge in [0.15, 0.2) is 5.96 Å². The average molecular weight is 371 g/mol. The van der Waals surface area contributed by atoms with Crippen molar-refractivity contribution in [3.05, 3.63) is 59.7 Å². The van der Waals surface area contributed by atoms with Crippen LogP contribution in [-0.2, 0) is 11.3 Å². The van der Waals surface area contributed by atoms with Crippen molar-refractivity contribution in [1.82, 2.24) is 10.6 Å². The van der Waals surface area contributed by atoms with E-state index in [4.69, 9.17) is 9.47 Å². The Balaban J connectivity index is 1.68. The Bertz CT molecular complexity index is 720. The molecule has 1 unspecified atom stereocenters.